The number of hydrogen-bond acceptors (Lipinski definition) is 4. The lowest BCUT2D eigenvalue weighted by Crippen LogP contribution is -2.24. The lowest BCUT2D eigenvalue weighted by atomic mass is 9.77. The maximum absolute atomic E-state index is 10.7. The van der Waals surface area contributed by atoms with Crippen LogP contribution < -0.4 is 5.32 Å². The Balaban J connectivity index is 1.65. The molecule has 1 aliphatic carbocycles. The maximum Gasteiger partial charge on any atom is 0.274 e. The lowest BCUT2D eigenvalue weighted by molar-refractivity contribution is -0.384. The largest absolute Gasteiger partial charge is 0.369 e. The summed E-state index contributed by atoms with van der Waals surface area (Å²) in [6, 6.07) is 11.2. The van der Waals surface area contributed by atoms with Crippen LogP contribution in [0.3, 0.4) is 0 Å². The molecule has 0 amide bonds. The SMILES string of the molecule is O=[N+]([O-])c1ccnc(NCC2Cc3ccccc32)c1. The van der Waals surface area contributed by atoms with E-state index in [4.69, 9.17) is 0 Å². The van der Waals surface area contributed by atoms with E-state index in [1.807, 2.05) is 12.1 Å². The van der Waals surface area contributed by atoms with Gasteiger partial charge in [0.15, 0.2) is 0 Å². The van der Waals surface area contributed by atoms with Crippen LogP contribution in [-0.4, -0.2) is 16.5 Å². The van der Waals surface area contributed by atoms with Crippen LogP contribution in [0.15, 0.2) is 42.6 Å². The van der Waals surface area contributed by atoms with Crippen LogP contribution in [0.2, 0.25) is 0 Å². The first-order valence-corrected chi connectivity index (χ1v) is 6.16. The van der Waals surface area contributed by atoms with Crippen molar-refractivity contribution in [3.63, 3.8) is 0 Å². The van der Waals surface area contributed by atoms with Crippen molar-refractivity contribution in [2.45, 2.75) is 12.3 Å². The summed E-state index contributed by atoms with van der Waals surface area (Å²) < 4.78 is 0. The molecule has 0 fully saturated rings. The summed E-state index contributed by atoms with van der Waals surface area (Å²) in [6.45, 7) is 0.755. The van der Waals surface area contributed by atoms with Crippen molar-refractivity contribution in [2.75, 3.05) is 11.9 Å². The van der Waals surface area contributed by atoms with E-state index in [2.05, 4.69) is 22.4 Å². The molecule has 0 bridgehead atoms. The molecule has 0 saturated carbocycles. The molecule has 19 heavy (non-hydrogen) atoms. The molecule has 0 saturated heterocycles. The molecular weight excluding hydrogens is 242 g/mol. The predicted octanol–water partition coefficient (Wildman–Crippen LogP) is 2.74. The van der Waals surface area contributed by atoms with Gasteiger partial charge in [0.1, 0.15) is 5.82 Å². The topological polar surface area (TPSA) is 68.1 Å². The van der Waals surface area contributed by atoms with Gasteiger partial charge in [0.05, 0.1) is 11.0 Å². The molecule has 5 nitrogen and oxygen atoms in total. The van der Waals surface area contributed by atoms with Gasteiger partial charge in [0, 0.05) is 24.7 Å². The smallest absolute Gasteiger partial charge is 0.274 e. The summed E-state index contributed by atoms with van der Waals surface area (Å²) in [6.07, 6.45) is 2.51. The minimum atomic E-state index is -0.411. The molecule has 1 atom stereocenters. The van der Waals surface area contributed by atoms with Gasteiger partial charge in [-0.15, -0.1) is 0 Å². The summed E-state index contributed by atoms with van der Waals surface area (Å²) >= 11 is 0. The van der Waals surface area contributed by atoms with Crippen molar-refractivity contribution in [1.29, 1.82) is 0 Å². The molecule has 5 heteroatoms. The lowest BCUT2D eigenvalue weighted by Gasteiger charge is -2.30. The first kappa shape index (κ1) is 11.6. The van der Waals surface area contributed by atoms with Crippen LogP contribution in [0.5, 0.6) is 0 Å². The van der Waals surface area contributed by atoms with Crippen LogP contribution in [-0.2, 0) is 6.42 Å². The molecule has 1 heterocycles. The van der Waals surface area contributed by atoms with Crippen molar-refractivity contribution in [2.24, 2.45) is 0 Å². The Morgan fingerprint density at radius 2 is 2.21 bits per heavy atom. The molecule has 2 aromatic rings. The Bertz CT molecular complexity index is 628. The zero-order valence-corrected chi connectivity index (χ0v) is 10.2. The Labute approximate surface area is 110 Å². The van der Waals surface area contributed by atoms with E-state index in [1.165, 1.54) is 29.5 Å². The van der Waals surface area contributed by atoms with Crippen LogP contribution in [0.4, 0.5) is 11.5 Å². The Morgan fingerprint density at radius 1 is 1.37 bits per heavy atom. The number of benzene rings is 1. The molecule has 1 aromatic carbocycles. The summed E-state index contributed by atoms with van der Waals surface area (Å²) in [7, 11) is 0. The van der Waals surface area contributed by atoms with Crippen LogP contribution in [0.1, 0.15) is 17.0 Å². The minimum Gasteiger partial charge on any atom is -0.369 e. The van der Waals surface area contributed by atoms with Crippen molar-refractivity contribution in [3.8, 4) is 0 Å². The zero-order chi connectivity index (χ0) is 13.2. The average molecular weight is 255 g/mol. The van der Waals surface area contributed by atoms with E-state index in [0.717, 1.165) is 13.0 Å². The van der Waals surface area contributed by atoms with Crippen LogP contribution in [0.25, 0.3) is 0 Å². The highest BCUT2D eigenvalue weighted by atomic mass is 16.6. The van der Waals surface area contributed by atoms with Gasteiger partial charge in [-0.1, -0.05) is 24.3 Å². The predicted molar refractivity (Wildman–Crippen MR) is 72.3 cm³/mol. The van der Waals surface area contributed by atoms with Crippen molar-refractivity contribution in [1.82, 2.24) is 4.98 Å². The van der Waals surface area contributed by atoms with Gasteiger partial charge in [-0.25, -0.2) is 4.98 Å². The zero-order valence-electron chi connectivity index (χ0n) is 10.2. The number of rotatable bonds is 4. The Kier molecular flexibility index (Phi) is 2.87. The first-order valence-electron chi connectivity index (χ1n) is 6.16. The highest BCUT2D eigenvalue weighted by molar-refractivity contribution is 5.46. The number of fused-ring (bicyclic) bond motifs is 1. The quantitative estimate of drug-likeness (QED) is 0.673. The standard InChI is InChI=1S/C14H13N3O2/c18-17(19)12-5-6-15-14(8-12)16-9-11-7-10-3-1-2-4-13(10)11/h1-6,8,11H,7,9H2,(H,15,16). The van der Waals surface area contributed by atoms with Gasteiger partial charge in [-0.2, -0.15) is 0 Å². The third kappa shape index (κ3) is 2.27. The Morgan fingerprint density at radius 3 is 3.00 bits per heavy atom. The number of nitrogens with zero attached hydrogens (tertiary/aromatic N) is 2. The maximum atomic E-state index is 10.7. The first-order chi connectivity index (χ1) is 9.24. The van der Waals surface area contributed by atoms with Crippen molar-refractivity contribution < 1.29 is 4.92 Å². The molecule has 0 aliphatic heterocycles. The molecular formula is C14H13N3O2. The van der Waals surface area contributed by atoms with E-state index < -0.39 is 4.92 Å². The van der Waals surface area contributed by atoms with E-state index in [0.29, 0.717) is 11.7 Å². The normalized spacial score (nSPS) is 16.3. The van der Waals surface area contributed by atoms with Crippen LogP contribution >= 0.6 is 0 Å². The third-order valence-corrected chi connectivity index (χ3v) is 3.45. The van der Waals surface area contributed by atoms with Gasteiger partial charge in [-0.05, 0) is 17.5 Å². The summed E-state index contributed by atoms with van der Waals surface area (Å²) in [4.78, 5) is 14.4. The van der Waals surface area contributed by atoms with Gasteiger partial charge in [0.2, 0.25) is 0 Å². The minimum absolute atomic E-state index is 0.0616. The van der Waals surface area contributed by atoms with E-state index in [9.17, 15) is 10.1 Å². The molecule has 1 unspecified atom stereocenters. The second kappa shape index (κ2) is 4.68. The van der Waals surface area contributed by atoms with Gasteiger partial charge >= 0.3 is 0 Å². The summed E-state index contributed by atoms with van der Waals surface area (Å²) in [5, 5.41) is 13.8. The van der Waals surface area contributed by atoms with Crippen molar-refractivity contribution >= 4 is 11.5 Å². The van der Waals surface area contributed by atoms with Gasteiger partial charge in [0.25, 0.3) is 5.69 Å². The number of hydrogen-bond donors (Lipinski definition) is 1. The monoisotopic (exact) mass is 255 g/mol. The fraction of sp³-hybridized carbons (Fsp3) is 0.214. The highest BCUT2D eigenvalue weighted by Crippen LogP contribution is 2.34. The van der Waals surface area contributed by atoms with E-state index in [1.54, 1.807) is 0 Å². The molecule has 0 spiro atoms. The van der Waals surface area contributed by atoms with Gasteiger partial charge in [-0.3, -0.25) is 10.1 Å². The molecule has 1 aromatic heterocycles. The van der Waals surface area contributed by atoms with Crippen LogP contribution in [0, 0.1) is 10.1 Å². The third-order valence-electron chi connectivity index (χ3n) is 3.45. The fourth-order valence-corrected chi connectivity index (χ4v) is 2.40. The number of nitrogens with one attached hydrogen (secondary N) is 1. The Hall–Kier alpha value is -2.43. The van der Waals surface area contributed by atoms with E-state index >= 15 is 0 Å². The molecule has 1 aliphatic rings. The van der Waals surface area contributed by atoms with E-state index in [-0.39, 0.29) is 5.69 Å². The summed E-state index contributed by atoms with van der Waals surface area (Å²) in [5.74, 6) is 1.02. The van der Waals surface area contributed by atoms with Gasteiger partial charge < -0.3 is 5.32 Å². The fourth-order valence-electron chi connectivity index (χ4n) is 2.40. The molecule has 1 N–H and O–H groups in total. The number of pyridine rings is 1. The molecule has 3 rings (SSSR count). The second-order valence-corrected chi connectivity index (χ2v) is 4.64. The number of anilines is 1. The summed E-state index contributed by atoms with van der Waals surface area (Å²) in [5.41, 5.74) is 2.81. The molecule has 0 radical (unpaired) electrons. The second-order valence-electron chi connectivity index (χ2n) is 4.64. The van der Waals surface area contributed by atoms with Crippen molar-refractivity contribution in [3.05, 3.63) is 63.8 Å². The number of nitro groups is 1. The number of aromatic nitrogens is 1. The average Bonchev–Trinajstić information content (AvgIpc) is 2.40. The molecule has 96 valence electrons. The highest BCUT2D eigenvalue weighted by Gasteiger charge is 2.25.